The zero-order valence-corrected chi connectivity index (χ0v) is 18.8. The van der Waals surface area contributed by atoms with Crippen molar-refractivity contribution >= 4 is 34.0 Å². The van der Waals surface area contributed by atoms with E-state index in [1.54, 1.807) is 0 Å². The summed E-state index contributed by atoms with van der Waals surface area (Å²) in [6.45, 7) is 3.27. The first kappa shape index (κ1) is 17.9. The van der Waals surface area contributed by atoms with Crippen LogP contribution in [0.1, 0.15) is 49.0 Å². The molecule has 0 unspecified atom stereocenters. The summed E-state index contributed by atoms with van der Waals surface area (Å²) in [5.74, 6) is 3.05. The Labute approximate surface area is 179 Å². The minimum absolute atomic E-state index is 0.464. The SMILES string of the molecule is Cc1ccsc1-c1ccc(-c2ccc(CNC34CC5CC(CC(C5)C3)C4)s2)s1. The van der Waals surface area contributed by atoms with E-state index in [-0.39, 0.29) is 0 Å². The highest BCUT2D eigenvalue weighted by Crippen LogP contribution is 2.55. The molecule has 0 spiro atoms. The average molecular weight is 426 g/mol. The second-order valence-corrected chi connectivity index (χ2v) is 12.6. The summed E-state index contributed by atoms with van der Waals surface area (Å²) in [6.07, 6.45) is 8.88. The third kappa shape index (κ3) is 3.13. The van der Waals surface area contributed by atoms with E-state index >= 15 is 0 Å². The lowest BCUT2D eigenvalue weighted by atomic mass is 9.53. The fourth-order valence-electron chi connectivity index (χ4n) is 6.42. The predicted molar refractivity (Wildman–Crippen MR) is 123 cm³/mol. The molecule has 28 heavy (non-hydrogen) atoms. The minimum Gasteiger partial charge on any atom is -0.306 e. The maximum Gasteiger partial charge on any atom is 0.0471 e. The molecule has 1 nitrogen and oxygen atoms in total. The van der Waals surface area contributed by atoms with E-state index in [1.807, 2.05) is 34.0 Å². The van der Waals surface area contributed by atoms with Crippen molar-refractivity contribution in [3.05, 3.63) is 46.2 Å². The summed E-state index contributed by atoms with van der Waals surface area (Å²) < 4.78 is 0. The summed E-state index contributed by atoms with van der Waals surface area (Å²) >= 11 is 5.77. The fraction of sp³-hybridized carbons (Fsp3) is 0.500. The lowest BCUT2D eigenvalue weighted by molar-refractivity contribution is -0.0204. The predicted octanol–water partition coefficient (Wildman–Crippen LogP) is 7.57. The first-order valence-electron chi connectivity index (χ1n) is 10.6. The summed E-state index contributed by atoms with van der Waals surface area (Å²) in [5, 5.41) is 6.26. The molecule has 146 valence electrons. The van der Waals surface area contributed by atoms with E-state index in [1.165, 1.54) is 68.5 Å². The molecular formula is C24H27NS3. The highest BCUT2D eigenvalue weighted by molar-refractivity contribution is 7.26. The van der Waals surface area contributed by atoms with Gasteiger partial charge in [-0.05, 0) is 104 Å². The van der Waals surface area contributed by atoms with Crippen molar-refractivity contribution in [2.45, 2.75) is 57.5 Å². The van der Waals surface area contributed by atoms with Gasteiger partial charge in [-0.2, -0.15) is 0 Å². The van der Waals surface area contributed by atoms with Crippen LogP contribution in [0.15, 0.2) is 35.7 Å². The number of aryl methyl sites for hydroxylation is 1. The second-order valence-electron chi connectivity index (χ2n) is 9.41. The van der Waals surface area contributed by atoms with Crippen LogP contribution in [0.4, 0.5) is 0 Å². The van der Waals surface area contributed by atoms with E-state index in [4.69, 9.17) is 0 Å². The molecule has 0 aliphatic heterocycles. The van der Waals surface area contributed by atoms with Crippen molar-refractivity contribution < 1.29 is 0 Å². The number of hydrogen-bond donors (Lipinski definition) is 1. The van der Waals surface area contributed by atoms with Crippen LogP contribution < -0.4 is 5.32 Å². The monoisotopic (exact) mass is 425 g/mol. The molecule has 4 aliphatic carbocycles. The van der Waals surface area contributed by atoms with Gasteiger partial charge in [0.15, 0.2) is 0 Å². The van der Waals surface area contributed by atoms with Gasteiger partial charge >= 0.3 is 0 Å². The normalized spacial score (nSPS) is 31.0. The standard InChI is InChI=1S/C24H27NS3/c1-15-6-7-26-23(15)22-5-4-21(28-22)20-3-2-19(27-20)14-25-24-11-16-8-17(12-24)10-18(9-16)13-24/h2-7,16-18,25H,8-14H2,1H3. The molecule has 7 rings (SSSR count). The first-order chi connectivity index (χ1) is 13.7. The van der Waals surface area contributed by atoms with Gasteiger partial charge in [0.05, 0.1) is 0 Å². The van der Waals surface area contributed by atoms with Gasteiger partial charge in [0.2, 0.25) is 0 Å². The Bertz CT molecular complexity index is 956. The Balaban J connectivity index is 1.16. The number of nitrogens with one attached hydrogen (secondary N) is 1. The van der Waals surface area contributed by atoms with Gasteiger partial charge in [0.1, 0.15) is 0 Å². The molecule has 4 aliphatic rings. The van der Waals surface area contributed by atoms with Crippen LogP contribution in [0.25, 0.3) is 19.5 Å². The highest BCUT2D eigenvalue weighted by Gasteiger charge is 2.50. The number of rotatable bonds is 5. The Morgan fingerprint density at radius 3 is 2.18 bits per heavy atom. The zero-order chi connectivity index (χ0) is 18.7. The van der Waals surface area contributed by atoms with Crippen molar-refractivity contribution in [3.63, 3.8) is 0 Å². The maximum atomic E-state index is 4.06. The molecule has 1 N–H and O–H groups in total. The molecule has 0 aromatic carbocycles. The first-order valence-corrected chi connectivity index (χ1v) is 13.2. The van der Waals surface area contributed by atoms with Crippen molar-refractivity contribution in [2.75, 3.05) is 0 Å². The Hall–Kier alpha value is -0.940. The number of hydrogen-bond acceptors (Lipinski definition) is 4. The van der Waals surface area contributed by atoms with Crippen molar-refractivity contribution in [1.29, 1.82) is 0 Å². The molecule has 4 bridgehead atoms. The maximum absolute atomic E-state index is 4.06. The van der Waals surface area contributed by atoms with E-state index in [9.17, 15) is 0 Å². The molecule has 3 aromatic heterocycles. The van der Waals surface area contributed by atoms with E-state index in [0.29, 0.717) is 5.54 Å². The molecule has 3 heterocycles. The van der Waals surface area contributed by atoms with Gasteiger partial charge in [-0.25, -0.2) is 0 Å². The topological polar surface area (TPSA) is 12.0 Å². The highest BCUT2D eigenvalue weighted by atomic mass is 32.1. The lowest BCUT2D eigenvalue weighted by Crippen LogP contribution is -2.58. The van der Waals surface area contributed by atoms with Crippen LogP contribution in [-0.2, 0) is 6.54 Å². The second kappa shape index (κ2) is 6.80. The van der Waals surface area contributed by atoms with Gasteiger partial charge in [-0.15, -0.1) is 34.0 Å². The Morgan fingerprint density at radius 1 is 0.857 bits per heavy atom. The van der Waals surface area contributed by atoms with Gasteiger partial charge in [-0.1, -0.05) is 0 Å². The van der Waals surface area contributed by atoms with Crippen LogP contribution in [0.5, 0.6) is 0 Å². The fourth-order valence-corrected chi connectivity index (χ4v) is 9.59. The molecule has 4 heteroatoms. The molecule has 0 atom stereocenters. The lowest BCUT2D eigenvalue weighted by Gasteiger charge is -2.57. The van der Waals surface area contributed by atoms with E-state index in [0.717, 1.165) is 24.3 Å². The van der Waals surface area contributed by atoms with Crippen LogP contribution in [0.3, 0.4) is 0 Å². The molecule has 0 amide bonds. The molecule has 4 saturated carbocycles. The van der Waals surface area contributed by atoms with Crippen LogP contribution in [0.2, 0.25) is 0 Å². The third-order valence-corrected chi connectivity index (χ3v) is 10.8. The third-order valence-electron chi connectivity index (χ3n) is 7.27. The van der Waals surface area contributed by atoms with Crippen LogP contribution >= 0.6 is 34.0 Å². The van der Waals surface area contributed by atoms with E-state index in [2.05, 4.69) is 48.0 Å². The molecule has 4 fully saturated rings. The smallest absolute Gasteiger partial charge is 0.0471 e. The van der Waals surface area contributed by atoms with Crippen molar-refractivity contribution in [1.82, 2.24) is 5.32 Å². The zero-order valence-electron chi connectivity index (χ0n) is 16.4. The van der Waals surface area contributed by atoms with Crippen molar-refractivity contribution in [3.8, 4) is 19.5 Å². The average Bonchev–Trinajstić information content (AvgIpc) is 3.39. The van der Waals surface area contributed by atoms with E-state index < -0.39 is 0 Å². The summed E-state index contributed by atoms with van der Waals surface area (Å²) in [4.78, 5) is 7.16. The van der Waals surface area contributed by atoms with Crippen LogP contribution in [0, 0.1) is 24.7 Å². The summed E-state index contributed by atoms with van der Waals surface area (Å²) in [5.41, 5.74) is 1.86. The molecule has 0 saturated heterocycles. The van der Waals surface area contributed by atoms with Crippen molar-refractivity contribution in [2.24, 2.45) is 17.8 Å². The quantitative estimate of drug-likeness (QED) is 0.444. The molecular weight excluding hydrogens is 398 g/mol. The van der Waals surface area contributed by atoms with Crippen LogP contribution in [-0.4, -0.2) is 5.54 Å². The molecule has 3 aromatic rings. The van der Waals surface area contributed by atoms with Gasteiger partial charge in [0.25, 0.3) is 0 Å². The van der Waals surface area contributed by atoms with Gasteiger partial charge < -0.3 is 5.32 Å². The summed E-state index contributed by atoms with van der Waals surface area (Å²) in [7, 11) is 0. The van der Waals surface area contributed by atoms with Gasteiger partial charge in [0, 0.05) is 36.5 Å². The largest absolute Gasteiger partial charge is 0.306 e. The number of thiophene rings is 3. The summed E-state index contributed by atoms with van der Waals surface area (Å²) in [6, 6.07) is 11.5. The Morgan fingerprint density at radius 2 is 1.50 bits per heavy atom. The minimum atomic E-state index is 0.464. The molecule has 0 radical (unpaired) electrons. The van der Waals surface area contributed by atoms with Gasteiger partial charge in [-0.3, -0.25) is 0 Å². The Kier molecular flexibility index (Phi) is 4.34.